The second-order valence-electron chi connectivity index (χ2n) is 5.19. The molecular weight excluding hydrogens is 258 g/mol. The predicted molar refractivity (Wildman–Crippen MR) is 74.2 cm³/mol. The van der Waals surface area contributed by atoms with Crippen molar-refractivity contribution in [3.63, 3.8) is 0 Å². The van der Waals surface area contributed by atoms with Crippen molar-refractivity contribution in [1.82, 2.24) is 20.7 Å². The first-order valence-corrected chi connectivity index (χ1v) is 7.13. The molecule has 1 aliphatic rings. The Hall–Kier alpha value is -1.92. The molecule has 0 aromatic carbocycles. The number of amides is 2. The maximum absolute atomic E-state index is 11.9. The van der Waals surface area contributed by atoms with Crippen molar-refractivity contribution in [3.05, 3.63) is 5.69 Å². The number of H-pyrrole nitrogens is 1. The first-order valence-electron chi connectivity index (χ1n) is 7.13. The summed E-state index contributed by atoms with van der Waals surface area (Å²) < 4.78 is 0. The number of anilines is 1. The topological polar surface area (TPSA) is 99.8 Å². The van der Waals surface area contributed by atoms with Crippen molar-refractivity contribution < 1.29 is 9.59 Å². The zero-order valence-electron chi connectivity index (χ0n) is 11.7. The molecule has 2 rings (SSSR count). The number of carbonyl (C=O) groups excluding carboxylic acids is 2. The van der Waals surface area contributed by atoms with E-state index in [0.29, 0.717) is 12.3 Å². The third-order valence-corrected chi connectivity index (χ3v) is 3.75. The van der Waals surface area contributed by atoms with Crippen molar-refractivity contribution in [2.75, 3.05) is 12.4 Å². The molecule has 1 fully saturated rings. The van der Waals surface area contributed by atoms with Crippen LogP contribution in [0.1, 0.15) is 55.4 Å². The molecule has 0 unspecified atom stereocenters. The number of aromatic nitrogens is 3. The minimum atomic E-state index is -0.374. The van der Waals surface area contributed by atoms with Crippen molar-refractivity contribution >= 4 is 17.6 Å². The van der Waals surface area contributed by atoms with E-state index in [9.17, 15) is 9.59 Å². The molecule has 3 N–H and O–H groups in total. The first kappa shape index (κ1) is 14.5. The molecule has 7 heteroatoms. The molecule has 1 heterocycles. The number of aromatic amines is 1. The summed E-state index contributed by atoms with van der Waals surface area (Å²) >= 11 is 0. The molecule has 0 radical (unpaired) electrons. The van der Waals surface area contributed by atoms with Gasteiger partial charge in [0, 0.05) is 13.5 Å². The van der Waals surface area contributed by atoms with E-state index in [2.05, 4.69) is 26.0 Å². The normalized spacial score (nSPS) is 15.8. The maximum atomic E-state index is 11.9. The van der Waals surface area contributed by atoms with Crippen LogP contribution in [0, 0.1) is 5.92 Å². The fourth-order valence-electron chi connectivity index (χ4n) is 2.60. The monoisotopic (exact) mass is 279 g/mol. The van der Waals surface area contributed by atoms with E-state index in [0.717, 1.165) is 6.42 Å². The van der Waals surface area contributed by atoms with Crippen LogP contribution in [0.25, 0.3) is 0 Å². The van der Waals surface area contributed by atoms with Gasteiger partial charge in [0.05, 0.1) is 0 Å². The summed E-state index contributed by atoms with van der Waals surface area (Å²) in [5, 5.41) is 15.0. The fraction of sp³-hybridized carbons (Fsp3) is 0.692. The molecule has 0 bridgehead atoms. The minimum absolute atomic E-state index is 0.110. The van der Waals surface area contributed by atoms with Gasteiger partial charge in [-0.25, -0.2) is 0 Å². The first-order chi connectivity index (χ1) is 9.70. The molecule has 0 saturated heterocycles. The van der Waals surface area contributed by atoms with Crippen LogP contribution >= 0.6 is 0 Å². The van der Waals surface area contributed by atoms with Crippen LogP contribution in [0.2, 0.25) is 0 Å². The van der Waals surface area contributed by atoms with Gasteiger partial charge < -0.3 is 10.6 Å². The van der Waals surface area contributed by atoms with Crippen molar-refractivity contribution in [1.29, 1.82) is 0 Å². The van der Waals surface area contributed by atoms with Gasteiger partial charge in [-0.05, 0) is 12.3 Å². The second kappa shape index (κ2) is 7.02. The average Bonchev–Trinajstić information content (AvgIpc) is 2.93. The largest absolute Gasteiger partial charge is 0.354 e. The summed E-state index contributed by atoms with van der Waals surface area (Å²) in [6.45, 7) is 0. The lowest BCUT2D eigenvalue weighted by molar-refractivity contribution is -0.116. The summed E-state index contributed by atoms with van der Waals surface area (Å²) in [7, 11) is 1.51. The van der Waals surface area contributed by atoms with Gasteiger partial charge in [0.25, 0.3) is 5.91 Å². The van der Waals surface area contributed by atoms with E-state index in [4.69, 9.17) is 0 Å². The summed E-state index contributed by atoms with van der Waals surface area (Å²) in [5.74, 6) is 0.360. The van der Waals surface area contributed by atoms with E-state index >= 15 is 0 Å². The summed E-state index contributed by atoms with van der Waals surface area (Å²) in [4.78, 5) is 23.4. The van der Waals surface area contributed by atoms with E-state index in [1.165, 1.54) is 39.2 Å². The van der Waals surface area contributed by atoms with Crippen LogP contribution in [0.5, 0.6) is 0 Å². The van der Waals surface area contributed by atoms with Crippen LogP contribution < -0.4 is 10.6 Å². The Morgan fingerprint density at radius 3 is 2.70 bits per heavy atom. The summed E-state index contributed by atoms with van der Waals surface area (Å²) in [5.41, 5.74) is 0.110. The van der Waals surface area contributed by atoms with Crippen LogP contribution in [-0.2, 0) is 4.79 Å². The third kappa shape index (κ3) is 3.79. The lowest BCUT2D eigenvalue weighted by atomic mass is 9.86. The van der Waals surface area contributed by atoms with Gasteiger partial charge >= 0.3 is 0 Å². The highest BCUT2D eigenvalue weighted by atomic mass is 16.2. The Morgan fingerprint density at radius 1 is 1.25 bits per heavy atom. The number of rotatable bonds is 5. The quantitative estimate of drug-likeness (QED) is 0.759. The SMILES string of the molecule is CNC(=O)c1n[nH]nc1NC(=O)CCC1CCCCC1. The number of nitrogens with one attached hydrogen (secondary N) is 3. The smallest absolute Gasteiger partial charge is 0.275 e. The standard InChI is InChI=1S/C13H21N5O2/c1-14-13(20)11-12(17-18-16-11)15-10(19)8-7-9-5-3-2-4-6-9/h9H,2-8H2,1H3,(H,14,20)(H2,15,16,17,18,19). The number of carbonyl (C=O) groups is 2. The van der Waals surface area contributed by atoms with Crippen LogP contribution in [0.4, 0.5) is 5.82 Å². The Labute approximate surface area is 117 Å². The van der Waals surface area contributed by atoms with Crippen LogP contribution in [-0.4, -0.2) is 34.3 Å². The molecule has 0 aliphatic heterocycles. The predicted octanol–water partition coefficient (Wildman–Crippen LogP) is 1.46. The molecular formula is C13H21N5O2. The lowest BCUT2D eigenvalue weighted by Gasteiger charge is -2.20. The molecule has 110 valence electrons. The Kier molecular flexibility index (Phi) is 5.09. The van der Waals surface area contributed by atoms with Gasteiger partial charge in [0.2, 0.25) is 5.91 Å². The number of nitrogens with zero attached hydrogens (tertiary/aromatic N) is 2. The van der Waals surface area contributed by atoms with Gasteiger partial charge in [-0.1, -0.05) is 32.1 Å². The molecule has 1 aromatic heterocycles. The highest BCUT2D eigenvalue weighted by molar-refractivity contribution is 6.00. The molecule has 1 aliphatic carbocycles. The van der Waals surface area contributed by atoms with Crippen molar-refractivity contribution in [3.8, 4) is 0 Å². The second-order valence-corrected chi connectivity index (χ2v) is 5.19. The van der Waals surface area contributed by atoms with Gasteiger partial charge in [0.15, 0.2) is 11.5 Å². The van der Waals surface area contributed by atoms with Crippen molar-refractivity contribution in [2.45, 2.75) is 44.9 Å². The molecule has 1 saturated carbocycles. The fourth-order valence-corrected chi connectivity index (χ4v) is 2.60. The van der Waals surface area contributed by atoms with Gasteiger partial charge in [0.1, 0.15) is 0 Å². The molecule has 2 amide bonds. The molecule has 1 aromatic rings. The molecule has 7 nitrogen and oxygen atoms in total. The summed E-state index contributed by atoms with van der Waals surface area (Å²) in [6.07, 6.45) is 7.68. The van der Waals surface area contributed by atoms with E-state index < -0.39 is 0 Å². The minimum Gasteiger partial charge on any atom is -0.354 e. The van der Waals surface area contributed by atoms with Gasteiger partial charge in [-0.3, -0.25) is 9.59 Å². The molecule has 20 heavy (non-hydrogen) atoms. The summed E-state index contributed by atoms with van der Waals surface area (Å²) in [6, 6.07) is 0. The van der Waals surface area contributed by atoms with E-state index in [-0.39, 0.29) is 23.3 Å². The van der Waals surface area contributed by atoms with E-state index in [1.807, 2.05) is 0 Å². The van der Waals surface area contributed by atoms with E-state index in [1.54, 1.807) is 0 Å². The molecule has 0 atom stereocenters. The Balaban J connectivity index is 1.82. The Morgan fingerprint density at radius 2 is 2.00 bits per heavy atom. The maximum Gasteiger partial charge on any atom is 0.275 e. The Bertz CT molecular complexity index is 465. The van der Waals surface area contributed by atoms with Crippen LogP contribution in [0.3, 0.4) is 0 Å². The number of hydrogen-bond acceptors (Lipinski definition) is 4. The van der Waals surface area contributed by atoms with Gasteiger partial charge in [-0.2, -0.15) is 5.21 Å². The highest BCUT2D eigenvalue weighted by Crippen LogP contribution is 2.27. The third-order valence-electron chi connectivity index (χ3n) is 3.75. The van der Waals surface area contributed by atoms with Gasteiger partial charge in [-0.15, -0.1) is 10.2 Å². The zero-order valence-corrected chi connectivity index (χ0v) is 11.7. The molecule has 0 spiro atoms. The van der Waals surface area contributed by atoms with Crippen LogP contribution in [0.15, 0.2) is 0 Å². The number of hydrogen-bond donors (Lipinski definition) is 3. The average molecular weight is 279 g/mol. The highest BCUT2D eigenvalue weighted by Gasteiger charge is 2.19. The van der Waals surface area contributed by atoms with Crippen molar-refractivity contribution in [2.24, 2.45) is 5.92 Å². The lowest BCUT2D eigenvalue weighted by Crippen LogP contribution is -2.22. The zero-order chi connectivity index (χ0) is 14.4.